The molecule has 3 nitrogen and oxygen atoms in total. The number of nitrogens with zero attached hydrogens (tertiary/aromatic N) is 2. The van der Waals surface area contributed by atoms with Crippen LogP contribution in [0.2, 0.25) is 0 Å². The van der Waals surface area contributed by atoms with Crippen molar-refractivity contribution in [1.82, 2.24) is 4.57 Å². The molecule has 0 saturated carbocycles. The molecule has 1 amide bonds. The fourth-order valence-corrected chi connectivity index (χ4v) is 11.3. The highest BCUT2D eigenvalue weighted by atomic mass is 32.2. The van der Waals surface area contributed by atoms with Gasteiger partial charge in [-0.2, -0.15) is 13.2 Å². The van der Waals surface area contributed by atoms with Crippen LogP contribution in [0.5, 0.6) is 0 Å². The van der Waals surface area contributed by atoms with Crippen LogP contribution in [-0.4, -0.2) is 10.5 Å². The van der Waals surface area contributed by atoms with Crippen LogP contribution in [0.25, 0.3) is 67.0 Å². The summed E-state index contributed by atoms with van der Waals surface area (Å²) >= 11 is 3.48. The molecule has 2 heterocycles. The Morgan fingerprint density at radius 2 is 0.957 bits per heavy atom. The van der Waals surface area contributed by atoms with Gasteiger partial charge in [-0.05, 0) is 161 Å². The molecular weight excluding hydrogens is 910 g/mol. The SMILES string of the molecule is C=c1c2cccc3c(-c4ccc(Sc5ccccc5)cc4)ccc(c32)n1-c1cc(C)cc(C)c1.O=C1c2cccc3c(-c4ccc(Sc5ccccc5)cc4)ccc(c23)N1c1ccc(C(F)(F)F)cc1. The average molecular weight is 953 g/mol. The van der Waals surface area contributed by atoms with Gasteiger partial charge in [0.2, 0.25) is 0 Å². The van der Waals surface area contributed by atoms with Crippen molar-refractivity contribution in [3.63, 3.8) is 0 Å². The third-order valence-corrected chi connectivity index (χ3v) is 14.8. The van der Waals surface area contributed by atoms with Crippen molar-refractivity contribution in [2.45, 2.75) is 39.6 Å². The summed E-state index contributed by atoms with van der Waals surface area (Å²) in [5.74, 6) is -0.248. The smallest absolute Gasteiger partial charge is 0.310 e. The minimum atomic E-state index is -4.43. The molecule has 8 heteroatoms. The van der Waals surface area contributed by atoms with E-state index in [1.54, 1.807) is 29.6 Å². The Bertz CT molecular complexity index is 3780. The lowest BCUT2D eigenvalue weighted by molar-refractivity contribution is -0.137. The Hall–Kier alpha value is -7.78. The van der Waals surface area contributed by atoms with Crippen molar-refractivity contribution in [3.8, 4) is 27.9 Å². The molecule has 1 aromatic heterocycles. The predicted molar refractivity (Wildman–Crippen MR) is 285 cm³/mol. The van der Waals surface area contributed by atoms with E-state index in [1.807, 2.05) is 42.5 Å². The molecule has 0 bridgehead atoms. The minimum Gasteiger partial charge on any atom is -0.310 e. The fourth-order valence-electron chi connectivity index (χ4n) is 9.65. The third kappa shape index (κ3) is 8.44. The van der Waals surface area contributed by atoms with E-state index in [9.17, 15) is 18.0 Å². The van der Waals surface area contributed by atoms with Crippen LogP contribution < -0.4 is 10.2 Å². The Morgan fingerprint density at radius 1 is 0.457 bits per heavy atom. The number of benzene rings is 10. The first-order valence-corrected chi connectivity index (χ1v) is 24.5. The standard InChI is InChI=1S/C32H25NS.C30H18F3NOS/c1-21-18-22(2)20-25(19-21)33-23(3)28-10-7-11-30-29(16-17-31(33)32(28)30)24-12-14-27(15-13-24)34-26-8-5-4-6-9-26;31-30(32,33)20-11-13-21(14-12-20)34-27-18-17-24(25-7-4-8-26(28(25)27)29(34)35)19-9-15-23(16-10-19)36-22-5-2-1-3-6-22/h4-20H,3H2,1-2H3;1-18H. The van der Waals surface area contributed by atoms with Crippen molar-refractivity contribution in [2.75, 3.05) is 4.90 Å². The van der Waals surface area contributed by atoms with Crippen LogP contribution in [0.1, 0.15) is 27.0 Å². The fraction of sp³-hybridized carbons (Fsp3) is 0.0484. The maximum Gasteiger partial charge on any atom is 0.416 e. The molecule has 10 aromatic carbocycles. The van der Waals surface area contributed by atoms with E-state index in [4.69, 9.17) is 0 Å². The highest BCUT2D eigenvalue weighted by Crippen LogP contribution is 2.46. The Labute approximate surface area is 412 Å². The molecule has 0 radical (unpaired) electrons. The van der Waals surface area contributed by atoms with E-state index in [0.717, 1.165) is 49.2 Å². The number of aromatic nitrogens is 1. The van der Waals surface area contributed by atoms with Crippen LogP contribution >= 0.6 is 23.5 Å². The van der Waals surface area contributed by atoms with Crippen molar-refractivity contribution < 1.29 is 18.0 Å². The van der Waals surface area contributed by atoms with Crippen molar-refractivity contribution >= 4 is 79.8 Å². The minimum absolute atomic E-state index is 0.248. The second kappa shape index (κ2) is 18.3. The second-order valence-electron chi connectivity index (χ2n) is 17.4. The third-order valence-electron chi connectivity index (χ3n) is 12.7. The summed E-state index contributed by atoms with van der Waals surface area (Å²) in [5.41, 5.74) is 10.3. The number of alkyl halides is 3. The molecule has 70 heavy (non-hydrogen) atoms. The van der Waals surface area contributed by atoms with Gasteiger partial charge in [0.1, 0.15) is 0 Å². The van der Waals surface area contributed by atoms with Gasteiger partial charge in [0.15, 0.2) is 0 Å². The van der Waals surface area contributed by atoms with Crippen LogP contribution in [0, 0.1) is 13.8 Å². The number of amides is 1. The first-order valence-electron chi connectivity index (χ1n) is 22.9. The molecule has 11 aromatic rings. The molecule has 0 spiro atoms. The van der Waals surface area contributed by atoms with E-state index >= 15 is 0 Å². The van der Waals surface area contributed by atoms with Crippen LogP contribution in [0.15, 0.2) is 232 Å². The van der Waals surface area contributed by atoms with E-state index in [1.165, 1.54) is 76.4 Å². The molecule has 0 N–H and O–H groups in total. The molecule has 1 aliphatic heterocycles. The van der Waals surface area contributed by atoms with Gasteiger partial charge < -0.3 is 4.57 Å². The van der Waals surface area contributed by atoms with Gasteiger partial charge in [-0.1, -0.05) is 139 Å². The van der Waals surface area contributed by atoms with E-state index in [2.05, 4.69) is 165 Å². The summed E-state index contributed by atoms with van der Waals surface area (Å²) < 4.78 is 41.4. The zero-order valence-corrected chi connectivity index (χ0v) is 39.8. The number of halogens is 3. The summed E-state index contributed by atoms with van der Waals surface area (Å²) in [7, 11) is 0. The van der Waals surface area contributed by atoms with Crippen LogP contribution in [0.3, 0.4) is 0 Å². The maximum absolute atomic E-state index is 13.3. The second-order valence-corrected chi connectivity index (χ2v) is 19.7. The quantitative estimate of drug-likeness (QED) is 0.152. The zero-order valence-electron chi connectivity index (χ0n) is 38.2. The molecule has 0 aliphatic carbocycles. The Kier molecular flexibility index (Phi) is 11.7. The van der Waals surface area contributed by atoms with E-state index in [-0.39, 0.29) is 5.91 Å². The highest BCUT2D eigenvalue weighted by Gasteiger charge is 2.34. The van der Waals surface area contributed by atoms with Crippen molar-refractivity contribution in [2.24, 2.45) is 0 Å². The summed E-state index contributed by atoms with van der Waals surface area (Å²) in [6, 6.07) is 69.8. The number of carbonyl (C=O) groups excluding carboxylic acids is 1. The Balaban J connectivity index is 0.000000153. The molecule has 0 unspecified atom stereocenters. The zero-order chi connectivity index (χ0) is 48.1. The number of carbonyl (C=O) groups is 1. The van der Waals surface area contributed by atoms with Crippen LogP contribution in [-0.2, 0) is 6.18 Å². The lowest BCUT2D eigenvalue weighted by Gasteiger charge is -2.19. The summed E-state index contributed by atoms with van der Waals surface area (Å²) in [5, 5.41) is 6.54. The van der Waals surface area contributed by atoms with Gasteiger partial charge in [0.05, 0.1) is 22.3 Å². The molecule has 1 aliphatic rings. The first-order chi connectivity index (χ1) is 34.0. The van der Waals surface area contributed by atoms with Gasteiger partial charge >= 0.3 is 6.18 Å². The number of aryl methyl sites for hydroxylation is 2. The normalized spacial score (nSPS) is 12.2. The topological polar surface area (TPSA) is 25.2 Å². The highest BCUT2D eigenvalue weighted by molar-refractivity contribution is 7.99. The van der Waals surface area contributed by atoms with Crippen molar-refractivity contribution in [3.05, 3.63) is 240 Å². The average Bonchev–Trinajstić information content (AvgIpc) is 3.83. The summed E-state index contributed by atoms with van der Waals surface area (Å²) in [6.07, 6.45) is -4.43. The number of anilines is 2. The van der Waals surface area contributed by atoms with Gasteiger partial charge in [0.25, 0.3) is 5.91 Å². The van der Waals surface area contributed by atoms with E-state index < -0.39 is 11.7 Å². The molecular formula is C62H43F3N2OS2. The number of rotatable bonds is 8. The summed E-state index contributed by atoms with van der Waals surface area (Å²) in [4.78, 5) is 19.6. The molecule has 0 fully saturated rings. The van der Waals surface area contributed by atoms with Gasteiger partial charge in [0, 0.05) is 52.5 Å². The number of hydrogen-bond donors (Lipinski definition) is 0. The first kappa shape index (κ1) is 44.7. The van der Waals surface area contributed by atoms with Gasteiger partial charge in [-0.25, -0.2) is 0 Å². The van der Waals surface area contributed by atoms with E-state index in [0.29, 0.717) is 16.9 Å². The molecule has 0 saturated heterocycles. The van der Waals surface area contributed by atoms with Crippen LogP contribution in [0.4, 0.5) is 24.5 Å². The maximum atomic E-state index is 13.3. The Morgan fingerprint density at radius 3 is 1.51 bits per heavy atom. The van der Waals surface area contributed by atoms with Crippen molar-refractivity contribution in [1.29, 1.82) is 0 Å². The van der Waals surface area contributed by atoms with Gasteiger partial charge in [-0.3, -0.25) is 9.69 Å². The molecule has 340 valence electrons. The molecule has 0 atom stereocenters. The van der Waals surface area contributed by atoms with Gasteiger partial charge in [-0.15, -0.1) is 0 Å². The molecule has 12 rings (SSSR count). The number of hydrogen-bond acceptors (Lipinski definition) is 3. The lowest BCUT2D eigenvalue weighted by Crippen LogP contribution is -2.21. The lowest BCUT2D eigenvalue weighted by atomic mass is 9.96. The summed E-state index contributed by atoms with van der Waals surface area (Å²) in [6.45, 7) is 8.80. The largest absolute Gasteiger partial charge is 0.416 e. The predicted octanol–water partition coefficient (Wildman–Crippen LogP) is 17.3. The monoisotopic (exact) mass is 952 g/mol.